The molecular formula is C22H26ClN5O3S. The van der Waals surface area contributed by atoms with Crippen LogP contribution in [0.5, 0.6) is 0 Å². The summed E-state index contributed by atoms with van der Waals surface area (Å²) in [6, 6.07) is 6.78. The van der Waals surface area contributed by atoms with Crippen LogP contribution < -0.4 is 5.32 Å². The van der Waals surface area contributed by atoms with E-state index >= 15 is 0 Å². The lowest BCUT2D eigenvalue weighted by atomic mass is 9.93. The van der Waals surface area contributed by atoms with Gasteiger partial charge in [-0.25, -0.2) is 0 Å². The Morgan fingerprint density at radius 2 is 1.81 bits per heavy atom. The monoisotopic (exact) mass is 475 g/mol. The summed E-state index contributed by atoms with van der Waals surface area (Å²) in [6.45, 7) is 4.77. The molecule has 8 nitrogen and oxygen atoms in total. The molecule has 0 spiro atoms. The summed E-state index contributed by atoms with van der Waals surface area (Å²) < 4.78 is 0. The predicted molar refractivity (Wildman–Crippen MR) is 123 cm³/mol. The summed E-state index contributed by atoms with van der Waals surface area (Å²) in [6.07, 6.45) is 3.63. The van der Waals surface area contributed by atoms with Gasteiger partial charge >= 0.3 is 0 Å². The number of carbonyl (C=O) groups excluding carboxylic acids is 3. The van der Waals surface area contributed by atoms with Gasteiger partial charge in [0.25, 0.3) is 11.8 Å². The summed E-state index contributed by atoms with van der Waals surface area (Å²) in [5.74, 6) is -0.108. The van der Waals surface area contributed by atoms with E-state index in [2.05, 4.69) is 22.4 Å². The molecule has 0 bridgehead atoms. The lowest BCUT2D eigenvalue weighted by molar-refractivity contribution is -0.138. The number of rotatable bonds is 4. The SMILES string of the molecule is CC1CCN(C(=O)C2CCCN(C(=O)c3nnc(C(=O)Nc4cccc(Cl)c4)s3)C2)CC1. The first kappa shape index (κ1) is 22.7. The van der Waals surface area contributed by atoms with Gasteiger partial charge in [-0.1, -0.05) is 35.9 Å². The fraction of sp³-hybridized carbons (Fsp3) is 0.500. The molecule has 2 aromatic rings. The van der Waals surface area contributed by atoms with Gasteiger partial charge < -0.3 is 15.1 Å². The highest BCUT2D eigenvalue weighted by atomic mass is 35.5. The maximum Gasteiger partial charge on any atom is 0.286 e. The zero-order valence-electron chi connectivity index (χ0n) is 17.9. The normalized spacial score (nSPS) is 19.6. The largest absolute Gasteiger partial charge is 0.342 e. The number of likely N-dealkylation sites (tertiary alicyclic amines) is 2. The van der Waals surface area contributed by atoms with Gasteiger partial charge in [-0.15, -0.1) is 10.2 Å². The number of piperidine rings is 2. The minimum atomic E-state index is -0.449. The first-order chi connectivity index (χ1) is 15.4. The highest BCUT2D eigenvalue weighted by molar-refractivity contribution is 7.15. The van der Waals surface area contributed by atoms with Gasteiger partial charge in [0.05, 0.1) is 5.92 Å². The molecular weight excluding hydrogens is 450 g/mol. The Morgan fingerprint density at radius 3 is 2.56 bits per heavy atom. The van der Waals surface area contributed by atoms with E-state index in [1.165, 1.54) is 0 Å². The van der Waals surface area contributed by atoms with Gasteiger partial charge in [0.2, 0.25) is 15.9 Å². The zero-order valence-corrected chi connectivity index (χ0v) is 19.5. The van der Waals surface area contributed by atoms with Crippen LogP contribution in [-0.4, -0.2) is 63.9 Å². The van der Waals surface area contributed by atoms with Crippen LogP contribution in [0.2, 0.25) is 5.02 Å². The summed E-state index contributed by atoms with van der Waals surface area (Å²) in [5.41, 5.74) is 0.537. The van der Waals surface area contributed by atoms with E-state index in [1.54, 1.807) is 29.2 Å². The lowest BCUT2D eigenvalue weighted by Gasteiger charge is -2.37. The molecule has 170 valence electrons. The fourth-order valence-corrected chi connectivity index (χ4v) is 5.03. The summed E-state index contributed by atoms with van der Waals surface area (Å²) in [4.78, 5) is 42.0. The fourth-order valence-electron chi connectivity index (χ4n) is 4.14. The van der Waals surface area contributed by atoms with Crippen molar-refractivity contribution in [3.8, 4) is 0 Å². The lowest BCUT2D eigenvalue weighted by Crippen LogP contribution is -2.48. The summed E-state index contributed by atoms with van der Waals surface area (Å²) in [5, 5.41) is 11.3. The zero-order chi connectivity index (χ0) is 22.7. The topological polar surface area (TPSA) is 95.5 Å². The molecule has 10 heteroatoms. The number of aromatic nitrogens is 2. The second-order valence-electron chi connectivity index (χ2n) is 8.47. The smallest absolute Gasteiger partial charge is 0.286 e. The molecule has 1 atom stereocenters. The third kappa shape index (κ3) is 5.27. The molecule has 3 heterocycles. The summed E-state index contributed by atoms with van der Waals surface area (Å²) in [7, 11) is 0. The van der Waals surface area contributed by atoms with Gasteiger partial charge in [0.1, 0.15) is 0 Å². The van der Waals surface area contributed by atoms with Crippen molar-refractivity contribution in [2.45, 2.75) is 32.6 Å². The third-order valence-corrected chi connectivity index (χ3v) is 7.18. The van der Waals surface area contributed by atoms with Gasteiger partial charge in [-0.05, 0) is 49.8 Å². The van der Waals surface area contributed by atoms with Crippen LogP contribution in [0, 0.1) is 11.8 Å². The molecule has 1 N–H and O–H groups in total. The molecule has 3 amide bonds. The van der Waals surface area contributed by atoms with Crippen LogP contribution in [-0.2, 0) is 4.79 Å². The molecule has 0 saturated carbocycles. The first-order valence-corrected chi connectivity index (χ1v) is 12.1. The molecule has 2 saturated heterocycles. The van der Waals surface area contributed by atoms with Crippen LogP contribution in [0.25, 0.3) is 0 Å². The number of halogens is 1. The highest BCUT2D eigenvalue weighted by Gasteiger charge is 2.33. The first-order valence-electron chi connectivity index (χ1n) is 10.9. The number of benzene rings is 1. The molecule has 2 fully saturated rings. The Balaban J connectivity index is 1.37. The van der Waals surface area contributed by atoms with Crippen molar-refractivity contribution in [1.82, 2.24) is 20.0 Å². The van der Waals surface area contributed by atoms with Crippen molar-refractivity contribution < 1.29 is 14.4 Å². The minimum Gasteiger partial charge on any atom is -0.342 e. The van der Waals surface area contributed by atoms with E-state index in [9.17, 15) is 14.4 Å². The van der Waals surface area contributed by atoms with E-state index in [0.717, 1.165) is 50.1 Å². The molecule has 2 aliphatic heterocycles. The van der Waals surface area contributed by atoms with Crippen LogP contribution in [0.4, 0.5) is 5.69 Å². The maximum atomic E-state index is 13.0. The molecule has 0 radical (unpaired) electrons. The van der Waals surface area contributed by atoms with Crippen LogP contribution in [0.15, 0.2) is 24.3 Å². The predicted octanol–water partition coefficient (Wildman–Crippen LogP) is 3.55. The second kappa shape index (κ2) is 9.95. The van der Waals surface area contributed by atoms with Crippen molar-refractivity contribution in [2.75, 3.05) is 31.5 Å². The standard InChI is InChI=1S/C22H26ClN5O3S/c1-14-7-10-27(11-8-14)21(30)15-4-3-9-28(13-15)22(31)20-26-25-19(32-20)18(29)24-17-6-2-5-16(23)12-17/h2,5-6,12,14-15H,3-4,7-11,13H2,1H3,(H,24,29). The Hall–Kier alpha value is -2.52. The number of amides is 3. The third-order valence-electron chi connectivity index (χ3n) is 6.04. The van der Waals surface area contributed by atoms with Crippen molar-refractivity contribution in [3.63, 3.8) is 0 Å². The van der Waals surface area contributed by atoms with Gasteiger partial charge in [0, 0.05) is 36.9 Å². The van der Waals surface area contributed by atoms with E-state index in [0.29, 0.717) is 29.7 Å². The molecule has 1 unspecified atom stereocenters. The quantitative estimate of drug-likeness (QED) is 0.729. The van der Waals surface area contributed by atoms with E-state index < -0.39 is 5.91 Å². The van der Waals surface area contributed by atoms with Crippen LogP contribution in [0.1, 0.15) is 52.2 Å². The van der Waals surface area contributed by atoms with Gasteiger partial charge in [0.15, 0.2) is 0 Å². The molecule has 1 aromatic heterocycles. The minimum absolute atomic E-state index is 0.0976. The number of hydrogen-bond acceptors (Lipinski definition) is 6. The van der Waals surface area contributed by atoms with E-state index in [-0.39, 0.29) is 27.7 Å². The van der Waals surface area contributed by atoms with E-state index in [1.807, 2.05) is 4.90 Å². The molecule has 2 aliphatic rings. The van der Waals surface area contributed by atoms with Crippen molar-refractivity contribution in [3.05, 3.63) is 39.3 Å². The van der Waals surface area contributed by atoms with Gasteiger partial charge in [-0.3, -0.25) is 14.4 Å². The van der Waals surface area contributed by atoms with Crippen molar-refractivity contribution in [2.24, 2.45) is 11.8 Å². The number of anilines is 1. The molecule has 32 heavy (non-hydrogen) atoms. The Bertz CT molecular complexity index is 1000. The highest BCUT2D eigenvalue weighted by Crippen LogP contribution is 2.25. The van der Waals surface area contributed by atoms with Crippen molar-refractivity contribution >= 4 is 46.3 Å². The number of hydrogen-bond donors (Lipinski definition) is 1. The molecule has 4 rings (SSSR count). The molecule has 1 aromatic carbocycles. The van der Waals surface area contributed by atoms with Crippen LogP contribution >= 0.6 is 22.9 Å². The van der Waals surface area contributed by atoms with Crippen LogP contribution in [0.3, 0.4) is 0 Å². The average molecular weight is 476 g/mol. The second-order valence-corrected chi connectivity index (χ2v) is 9.89. The van der Waals surface area contributed by atoms with Gasteiger partial charge in [-0.2, -0.15) is 0 Å². The number of nitrogens with zero attached hydrogens (tertiary/aromatic N) is 4. The Morgan fingerprint density at radius 1 is 1.06 bits per heavy atom. The van der Waals surface area contributed by atoms with E-state index in [4.69, 9.17) is 11.6 Å². The Kier molecular flexibility index (Phi) is 7.05. The maximum absolute atomic E-state index is 13.0. The Labute approximate surface area is 195 Å². The number of nitrogens with one attached hydrogen (secondary N) is 1. The van der Waals surface area contributed by atoms with Crippen molar-refractivity contribution in [1.29, 1.82) is 0 Å². The number of carbonyl (C=O) groups is 3. The molecule has 0 aliphatic carbocycles. The average Bonchev–Trinajstić information content (AvgIpc) is 3.29. The summed E-state index contributed by atoms with van der Waals surface area (Å²) >= 11 is 6.89.